The van der Waals surface area contributed by atoms with Gasteiger partial charge in [0.15, 0.2) is 0 Å². The second-order valence-corrected chi connectivity index (χ2v) is 8.31. The second kappa shape index (κ2) is 7.61. The van der Waals surface area contributed by atoms with Crippen LogP contribution >= 0.6 is 0 Å². The van der Waals surface area contributed by atoms with Gasteiger partial charge in [0.05, 0.1) is 11.3 Å². The van der Waals surface area contributed by atoms with E-state index in [2.05, 4.69) is 28.1 Å². The molecule has 3 aliphatic rings. The van der Waals surface area contributed by atoms with Gasteiger partial charge < -0.3 is 14.7 Å². The molecule has 0 atom stereocenters. The van der Waals surface area contributed by atoms with E-state index in [9.17, 15) is 5.11 Å². The summed E-state index contributed by atoms with van der Waals surface area (Å²) in [5.41, 5.74) is 4.78. The van der Waals surface area contributed by atoms with Crippen LogP contribution in [0.3, 0.4) is 0 Å². The Morgan fingerprint density at radius 2 is 2.07 bits per heavy atom. The molecule has 0 saturated carbocycles. The first-order chi connectivity index (χ1) is 13.0. The molecule has 4 heteroatoms. The third kappa shape index (κ3) is 4.02. The Morgan fingerprint density at radius 3 is 2.85 bits per heavy atom. The summed E-state index contributed by atoms with van der Waals surface area (Å²) < 4.78 is 6.14. The summed E-state index contributed by atoms with van der Waals surface area (Å²) >= 11 is 0. The monoisotopic (exact) mass is 366 g/mol. The molecule has 1 fully saturated rings. The van der Waals surface area contributed by atoms with E-state index >= 15 is 0 Å². The van der Waals surface area contributed by atoms with E-state index in [0.29, 0.717) is 6.61 Å². The summed E-state index contributed by atoms with van der Waals surface area (Å²) in [5.74, 6) is 1.04. The SMILES string of the molecule is CC(C)(O)C1=CC2=C(CC1)OCc1ncccc1/C2=C\CCN1CCCC1. The van der Waals surface area contributed by atoms with Crippen LogP contribution in [0.5, 0.6) is 0 Å². The summed E-state index contributed by atoms with van der Waals surface area (Å²) in [6.07, 6.45) is 11.7. The molecular weight excluding hydrogens is 336 g/mol. The molecule has 3 heterocycles. The van der Waals surface area contributed by atoms with Crippen LogP contribution in [0.25, 0.3) is 5.57 Å². The Labute approximate surface area is 162 Å². The van der Waals surface area contributed by atoms with Crippen molar-refractivity contribution in [3.8, 4) is 0 Å². The van der Waals surface area contributed by atoms with E-state index < -0.39 is 5.60 Å². The lowest BCUT2D eigenvalue weighted by Gasteiger charge is -2.27. The molecular formula is C23H30N2O2. The van der Waals surface area contributed by atoms with E-state index in [0.717, 1.165) is 54.0 Å². The van der Waals surface area contributed by atoms with Gasteiger partial charge in [-0.15, -0.1) is 0 Å². The summed E-state index contributed by atoms with van der Waals surface area (Å²) in [6, 6.07) is 4.15. The van der Waals surface area contributed by atoms with Gasteiger partial charge >= 0.3 is 0 Å². The van der Waals surface area contributed by atoms with Gasteiger partial charge in [-0.05, 0) is 75.9 Å². The fraction of sp³-hybridized carbons (Fsp3) is 0.522. The van der Waals surface area contributed by atoms with Gasteiger partial charge in [-0.1, -0.05) is 12.1 Å². The average molecular weight is 367 g/mol. The lowest BCUT2D eigenvalue weighted by molar-refractivity contribution is 0.112. The van der Waals surface area contributed by atoms with Gasteiger partial charge in [0.25, 0.3) is 0 Å². The number of ether oxygens (including phenoxy) is 1. The van der Waals surface area contributed by atoms with Crippen LogP contribution in [0.4, 0.5) is 0 Å². The molecule has 1 saturated heterocycles. The highest BCUT2D eigenvalue weighted by atomic mass is 16.5. The van der Waals surface area contributed by atoms with Crippen LogP contribution in [0, 0.1) is 0 Å². The standard InChI is InChI=1S/C23H30N2O2/c1-23(2,26)17-9-10-22-20(15-17)18(8-6-14-25-12-3-4-13-25)19-7-5-11-24-21(19)16-27-22/h5,7-8,11,15,26H,3-4,6,9-10,12-14,16H2,1-2H3/b18-8+. The fourth-order valence-electron chi connectivity index (χ4n) is 4.29. The predicted octanol–water partition coefficient (Wildman–Crippen LogP) is 4.23. The van der Waals surface area contributed by atoms with Crippen molar-refractivity contribution < 1.29 is 9.84 Å². The van der Waals surface area contributed by atoms with Gasteiger partial charge in [-0.3, -0.25) is 4.98 Å². The fourth-order valence-corrected chi connectivity index (χ4v) is 4.29. The maximum absolute atomic E-state index is 10.5. The molecule has 0 radical (unpaired) electrons. The maximum atomic E-state index is 10.5. The van der Waals surface area contributed by atoms with Gasteiger partial charge in [-0.25, -0.2) is 0 Å². The third-order valence-corrected chi connectivity index (χ3v) is 5.87. The number of fused-ring (bicyclic) bond motifs is 1. The quantitative estimate of drug-likeness (QED) is 0.866. The molecule has 27 heavy (non-hydrogen) atoms. The Balaban J connectivity index is 1.70. The zero-order chi connectivity index (χ0) is 18.9. The molecule has 0 unspecified atom stereocenters. The van der Waals surface area contributed by atoms with Crippen LogP contribution in [0.2, 0.25) is 0 Å². The minimum Gasteiger partial charge on any atom is -0.491 e. The summed E-state index contributed by atoms with van der Waals surface area (Å²) in [5, 5.41) is 10.5. The van der Waals surface area contributed by atoms with Crippen molar-refractivity contribution in [3.05, 3.63) is 58.6 Å². The minimum absolute atomic E-state index is 0.518. The van der Waals surface area contributed by atoms with E-state index in [1.165, 1.54) is 31.5 Å². The number of aliphatic hydroxyl groups is 1. The Bertz CT molecular complexity index is 793. The van der Waals surface area contributed by atoms with Crippen LogP contribution in [0.1, 0.15) is 57.2 Å². The van der Waals surface area contributed by atoms with Crippen molar-refractivity contribution in [3.63, 3.8) is 0 Å². The summed E-state index contributed by atoms with van der Waals surface area (Å²) in [6.45, 7) is 7.81. The van der Waals surface area contributed by atoms with E-state index in [-0.39, 0.29) is 0 Å². The minimum atomic E-state index is -0.802. The third-order valence-electron chi connectivity index (χ3n) is 5.87. The predicted molar refractivity (Wildman–Crippen MR) is 108 cm³/mol. The number of allylic oxidation sites excluding steroid dienone is 4. The highest BCUT2D eigenvalue weighted by Crippen LogP contribution is 2.40. The highest BCUT2D eigenvalue weighted by molar-refractivity contribution is 5.84. The number of hydrogen-bond donors (Lipinski definition) is 1. The molecule has 0 aromatic carbocycles. The molecule has 4 nitrogen and oxygen atoms in total. The van der Waals surface area contributed by atoms with Gasteiger partial charge in [0.2, 0.25) is 0 Å². The summed E-state index contributed by atoms with van der Waals surface area (Å²) in [7, 11) is 0. The van der Waals surface area contributed by atoms with Crippen LogP contribution < -0.4 is 0 Å². The Morgan fingerprint density at radius 1 is 1.26 bits per heavy atom. The first kappa shape index (κ1) is 18.5. The summed E-state index contributed by atoms with van der Waals surface area (Å²) in [4.78, 5) is 7.11. The van der Waals surface area contributed by atoms with E-state index in [1.807, 2.05) is 26.1 Å². The van der Waals surface area contributed by atoms with Gasteiger partial charge in [0, 0.05) is 30.3 Å². The first-order valence-electron chi connectivity index (χ1n) is 10.2. The topological polar surface area (TPSA) is 45.6 Å². The zero-order valence-corrected chi connectivity index (χ0v) is 16.5. The molecule has 2 aliphatic heterocycles. The van der Waals surface area contributed by atoms with Crippen molar-refractivity contribution >= 4 is 5.57 Å². The number of aromatic nitrogens is 1. The van der Waals surface area contributed by atoms with E-state index in [4.69, 9.17) is 4.74 Å². The lowest BCUT2D eigenvalue weighted by atomic mass is 9.83. The van der Waals surface area contributed by atoms with Crippen LogP contribution in [-0.2, 0) is 11.3 Å². The number of likely N-dealkylation sites (tertiary alicyclic amines) is 1. The van der Waals surface area contributed by atoms with Crippen molar-refractivity contribution in [2.24, 2.45) is 0 Å². The van der Waals surface area contributed by atoms with Crippen molar-refractivity contribution in [1.82, 2.24) is 9.88 Å². The van der Waals surface area contributed by atoms with Crippen molar-refractivity contribution in [1.29, 1.82) is 0 Å². The molecule has 1 aromatic heterocycles. The Kier molecular flexibility index (Phi) is 5.20. The number of nitrogens with zero attached hydrogens (tertiary/aromatic N) is 2. The largest absolute Gasteiger partial charge is 0.491 e. The molecule has 4 rings (SSSR count). The molecule has 0 spiro atoms. The molecule has 1 N–H and O–H groups in total. The molecule has 1 aromatic rings. The lowest BCUT2D eigenvalue weighted by Crippen LogP contribution is -2.24. The molecule has 144 valence electrons. The second-order valence-electron chi connectivity index (χ2n) is 8.31. The smallest absolute Gasteiger partial charge is 0.130 e. The average Bonchev–Trinajstić information content (AvgIpc) is 3.11. The van der Waals surface area contributed by atoms with E-state index in [1.54, 1.807) is 0 Å². The van der Waals surface area contributed by atoms with Crippen molar-refractivity contribution in [2.75, 3.05) is 19.6 Å². The zero-order valence-electron chi connectivity index (χ0n) is 16.5. The Hall–Kier alpha value is -1.91. The maximum Gasteiger partial charge on any atom is 0.130 e. The van der Waals surface area contributed by atoms with Crippen molar-refractivity contribution in [2.45, 2.75) is 58.2 Å². The van der Waals surface area contributed by atoms with Crippen LogP contribution in [0.15, 0.2) is 47.4 Å². The van der Waals surface area contributed by atoms with Gasteiger partial charge in [-0.2, -0.15) is 0 Å². The first-order valence-corrected chi connectivity index (χ1v) is 10.2. The molecule has 0 bridgehead atoms. The molecule has 1 aliphatic carbocycles. The number of pyridine rings is 1. The van der Waals surface area contributed by atoms with Crippen LogP contribution in [-0.4, -0.2) is 40.2 Å². The number of hydrogen-bond acceptors (Lipinski definition) is 4. The van der Waals surface area contributed by atoms with Gasteiger partial charge in [0.1, 0.15) is 12.4 Å². The highest BCUT2D eigenvalue weighted by Gasteiger charge is 2.29. The number of rotatable bonds is 4. The normalized spacial score (nSPS) is 22.2. The molecule has 0 amide bonds.